The van der Waals surface area contributed by atoms with Gasteiger partial charge < -0.3 is 14.4 Å². The van der Waals surface area contributed by atoms with E-state index in [4.69, 9.17) is 9.47 Å². The van der Waals surface area contributed by atoms with Crippen molar-refractivity contribution in [2.45, 2.75) is 95.1 Å². The summed E-state index contributed by atoms with van der Waals surface area (Å²) >= 11 is 0. The Labute approximate surface area is 236 Å². The molecule has 1 aliphatic carbocycles. The third-order valence-electron chi connectivity index (χ3n) is 10.1. The lowest BCUT2D eigenvalue weighted by Crippen LogP contribution is -2.56. The molecule has 2 aromatic rings. The third-order valence-corrected chi connectivity index (χ3v) is 10.1. The van der Waals surface area contributed by atoms with E-state index in [1.807, 2.05) is 29.2 Å². The van der Waals surface area contributed by atoms with Gasteiger partial charge in [-0.3, -0.25) is 4.79 Å². The molecule has 5 rings (SSSR count). The zero-order chi connectivity index (χ0) is 28.5. The maximum atomic E-state index is 14.8. The minimum absolute atomic E-state index is 0.0248. The van der Waals surface area contributed by atoms with Gasteiger partial charge in [0.15, 0.2) is 0 Å². The van der Waals surface area contributed by atoms with E-state index < -0.39 is 11.3 Å². The summed E-state index contributed by atoms with van der Waals surface area (Å²) in [5.41, 5.74) is 2.25. The lowest BCUT2D eigenvalue weighted by molar-refractivity contribution is -0.147. The molecule has 0 unspecified atom stereocenters. The van der Waals surface area contributed by atoms with E-state index in [-0.39, 0.29) is 48.4 Å². The van der Waals surface area contributed by atoms with Gasteiger partial charge in [-0.05, 0) is 73.6 Å². The van der Waals surface area contributed by atoms with Gasteiger partial charge in [0.2, 0.25) is 11.8 Å². The van der Waals surface area contributed by atoms with Gasteiger partial charge in [0.1, 0.15) is 11.6 Å². The summed E-state index contributed by atoms with van der Waals surface area (Å²) in [6.45, 7) is 5.55. The van der Waals surface area contributed by atoms with E-state index in [0.717, 1.165) is 23.3 Å². The van der Waals surface area contributed by atoms with Crippen molar-refractivity contribution in [1.82, 2.24) is 4.90 Å². The lowest BCUT2D eigenvalue weighted by Gasteiger charge is -2.50. The molecule has 0 radical (unpaired) electrons. The summed E-state index contributed by atoms with van der Waals surface area (Å²) in [7, 11) is 1.65. The van der Waals surface area contributed by atoms with Gasteiger partial charge >= 0.3 is 0 Å². The first-order valence-electron chi connectivity index (χ1n) is 14.9. The van der Waals surface area contributed by atoms with Crippen LogP contribution in [0.3, 0.4) is 0 Å². The average molecular weight is 558 g/mol. The first-order chi connectivity index (χ1) is 19.2. The summed E-state index contributed by atoms with van der Waals surface area (Å²) in [5, 5.41) is 0. The Kier molecular flexibility index (Phi) is 8.51. The second-order valence-corrected chi connectivity index (χ2v) is 12.0. The van der Waals surface area contributed by atoms with Crippen molar-refractivity contribution in [3.63, 3.8) is 0 Å². The van der Waals surface area contributed by atoms with Crippen LogP contribution in [0.2, 0.25) is 0 Å². The highest BCUT2D eigenvalue weighted by Crippen LogP contribution is 2.48. The number of alkyl halides is 2. The number of hydrogen-bond acceptors (Lipinski definition) is 3. The summed E-state index contributed by atoms with van der Waals surface area (Å²) in [5.74, 6) is -2.44. The monoisotopic (exact) mass is 557 g/mol. The molecule has 3 aliphatic rings. The summed E-state index contributed by atoms with van der Waals surface area (Å²) in [4.78, 5) is 16.7. The standard InChI is InChI=1S/C33H42F3NO3/c1-4-26(32(5-2)21-40-20-25-27(32)10-8-12-30(25)39-3)31(38)37-18-15-23(24-9-6-7-11-28(24)34)19-29(37)22-13-16-33(35,36)17-14-22/h6-12,22-23,26,29H,4-5,13-21H2,1-3H3/t23-,26+,29+,32+/m1/s1. The number of piperidine rings is 1. The number of methoxy groups -OCH3 is 1. The second-order valence-electron chi connectivity index (χ2n) is 12.0. The highest BCUT2D eigenvalue weighted by molar-refractivity contribution is 5.81. The van der Waals surface area contributed by atoms with Crippen molar-refractivity contribution in [1.29, 1.82) is 0 Å². The van der Waals surface area contributed by atoms with Crippen LogP contribution in [-0.4, -0.2) is 43.0 Å². The Bertz CT molecular complexity index is 1190. The third kappa shape index (κ3) is 5.26. The molecule has 1 saturated heterocycles. The van der Waals surface area contributed by atoms with Crippen LogP contribution < -0.4 is 4.74 Å². The molecule has 2 heterocycles. The van der Waals surface area contributed by atoms with Gasteiger partial charge in [0.25, 0.3) is 0 Å². The van der Waals surface area contributed by atoms with Crippen molar-refractivity contribution >= 4 is 5.91 Å². The molecule has 7 heteroatoms. The van der Waals surface area contributed by atoms with Crippen molar-refractivity contribution in [2.75, 3.05) is 20.3 Å². The fraction of sp³-hybridized carbons (Fsp3) is 0.606. The molecule has 218 valence electrons. The maximum absolute atomic E-state index is 14.8. The number of amides is 1. The molecule has 1 saturated carbocycles. The molecule has 2 aromatic carbocycles. The number of hydrogen-bond donors (Lipinski definition) is 0. The predicted molar refractivity (Wildman–Crippen MR) is 149 cm³/mol. The quantitative estimate of drug-likeness (QED) is 0.351. The minimum Gasteiger partial charge on any atom is -0.496 e. The summed E-state index contributed by atoms with van der Waals surface area (Å²) in [6, 6.07) is 12.7. The molecule has 0 bridgehead atoms. The Balaban J connectivity index is 1.49. The molecular weight excluding hydrogens is 515 g/mol. The Morgan fingerprint density at radius 1 is 1.10 bits per heavy atom. The van der Waals surface area contributed by atoms with Crippen LogP contribution in [0.15, 0.2) is 42.5 Å². The SMILES string of the molecule is CC[C@@H](C(=O)N1CC[C@@H](c2ccccc2F)C[C@H]1C1CCC(F)(F)CC1)[C@]1(CC)COCc2c(OC)cccc21. The van der Waals surface area contributed by atoms with Crippen molar-refractivity contribution in [3.8, 4) is 5.75 Å². The smallest absolute Gasteiger partial charge is 0.248 e. The van der Waals surface area contributed by atoms with Crippen LogP contribution in [0, 0.1) is 17.7 Å². The molecule has 1 amide bonds. The van der Waals surface area contributed by atoms with Gasteiger partial charge in [-0.2, -0.15) is 0 Å². The van der Waals surface area contributed by atoms with Crippen molar-refractivity contribution in [3.05, 3.63) is 65.0 Å². The molecule has 4 atom stereocenters. The zero-order valence-corrected chi connectivity index (χ0v) is 23.9. The summed E-state index contributed by atoms with van der Waals surface area (Å²) in [6.07, 6.45) is 3.06. The average Bonchev–Trinajstić information content (AvgIpc) is 2.97. The van der Waals surface area contributed by atoms with Gasteiger partial charge in [-0.15, -0.1) is 0 Å². The number of fused-ring (bicyclic) bond motifs is 1. The van der Waals surface area contributed by atoms with Crippen LogP contribution >= 0.6 is 0 Å². The fourth-order valence-electron chi connectivity index (χ4n) is 7.87. The van der Waals surface area contributed by atoms with Crippen LogP contribution in [-0.2, 0) is 21.6 Å². The van der Waals surface area contributed by atoms with Crippen LogP contribution in [0.5, 0.6) is 5.75 Å². The van der Waals surface area contributed by atoms with Gasteiger partial charge in [0.05, 0.1) is 20.3 Å². The Morgan fingerprint density at radius 2 is 1.85 bits per heavy atom. The van der Waals surface area contributed by atoms with E-state index >= 15 is 0 Å². The molecule has 2 aliphatic heterocycles. The van der Waals surface area contributed by atoms with Gasteiger partial charge in [-0.25, -0.2) is 13.2 Å². The Hall–Kier alpha value is -2.54. The zero-order valence-electron chi connectivity index (χ0n) is 23.9. The summed E-state index contributed by atoms with van der Waals surface area (Å²) < 4.78 is 54.9. The van der Waals surface area contributed by atoms with Crippen molar-refractivity contribution in [2.24, 2.45) is 11.8 Å². The van der Waals surface area contributed by atoms with Gasteiger partial charge in [0, 0.05) is 42.3 Å². The fourth-order valence-corrected chi connectivity index (χ4v) is 7.87. The maximum Gasteiger partial charge on any atom is 0.248 e. The number of benzene rings is 2. The van der Waals surface area contributed by atoms with E-state index in [2.05, 4.69) is 19.9 Å². The van der Waals surface area contributed by atoms with E-state index in [1.165, 1.54) is 6.07 Å². The highest BCUT2D eigenvalue weighted by Gasteiger charge is 2.50. The number of rotatable bonds is 7. The number of carbonyl (C=O) groups excluding carboxylic acids is 1. The van der Waals surface area contributed by atoms with Gasteiger partial charge in [-0.1, -0.05) is 44.2 Å². The highest BCUT2D eigenvalue weighted by atomic mass is 19.3. The number of carbonyl (C=O) groups is 1. The van der Waals surface area contributed by atoms with Crippen LogP contribution in [0.4, 0.5) is 13.2 Å². The topological polar surface area (TPSA) is 38.8 Å². The number of ether oxygens (including phenoxy) is 2. The van der Waals surface area contributed by atoms with E-state index in [9.17, 15) is 18.0 Å². The first-order valence-corrected chi connectivity index (χ1v) is 14.9. The number of halogens is 3. The van der Waals surface area contributed by atoms with Crippen molar-refractivity contribution < 1.29 is 27.4 Å². The van der Waals surface area contributed by atoms with Crippen LogP contribution in [0.1, 0.15) is 87.8 Å². The minimum atomic E-state index is -2.65. The van der Waals surface area contributed by atoms with Crippen LogP contribution in [0.25, 0.3) is 0 Å². The number of likely N-dealkylation sites (tertiary alicyclic amines) is 1. The largest absolute Gasteiger partial charge is 0.496 e. The molecule has 0 N–H and O–H groups in total. The van der Waals surface area contributed by atoms with E-state index in [0.29, 0.717) is 57.4 Å². The molecule has 0 aromatic heterocycles. The molecular formula is C33H42F3NO3. The molecule has 0 spiro atoms. The Morgan fingerprint density at radius 3 is 2.52 bits per heavy atom. The molecule has 2 fully saturated rings. The first kappa shape index (κ1) is 29.0. The normalized spacial score (nSPS) is 27.6. The molecule has 4 nitrogen and oxygen atoms in total. The number of nitrogens with zero attached hydrogens (tertiary/aromatic N) is 1. The lowest BCUT2D eigenvalue weighted by atomic mass is 9.64. The van der Waals surface area contributed by atoms with E-state index in [1.54, 1.807) is 13.2 Å². The predicted octanol–water partition coefficient (Wildman–Crippen LogP) is 7.64. The molecule has 40 heavy (non-hydrogen) atoms. The second kappa shape index (κ2) is 11.8.